The van der Waals surface area contributed by atoms with Crippen molar-refractivity contribution in [3.8, 4) is 0 Å². The van der Waals surface area contributed by atoms with Gasteiger partial charge >= 0.3 is 0 Å². The molecule has 1 heteroatoms. The summed E-state index contributed by atoms with van der Waals surface area (Å²) in [5, 5.41) is 0. The van der Waals surface area contributed by atoms with E-state index in [1.54, 1.807) is 0 Å². The second-order valence-electron chi connectivity index (χ2n) is 5.18. The third-order valence-electron chi connectivity index (χ3n) is 3.34. The fourth-order valence-electron chi connectivity index (χ4n) is 2.56. The molecule has 1 fully saturated rings. The van der Waals surface area contributed by atoms with E-state index in [1.165, 1.54) is 25.7 Å². The highest BCUT2D eigenvalue weighted by Gasteiger charge is 2.30. The van der Waals surface area contributed by atoms with Crippen LogP contribution in [0.5, 0.6) is 0 Å². The number of rotatable bonds is 3. The van der Waals surface area contributed by atoms with Gasteiger partial charge in [-0.2, -0.15) is 0 Å². The minimum absolute atomic E-state index is 0.463. The average molecular weight is 184 g/mol. The van der Waals surface area contributed by atoms with E-state index in [4.69, 9.17) is 4.74 Å². The molecule has 0 saturated heterocycles. The van der Waals surface area contributed by atoms with Crippen LogP contribution >= 0.6 is 0 Å². The second kappa shape index (κ2) is 4.45. The number of hydrogen-bond acceptors (Lipinski definition) is 1. The van der Waals surface area contributed by atoms with E-state index in [-0.39, 0.29) is 0 Å². The smallest absolute Gasteiger partial charge is 0.0575 e. The van der Waals surface area contributed by atoms with Crippen molar-refractivity contribution in [3.05, 3.63) is 0 Å². The molecule has 0 aromatic heterocycles. The molecule has 1 aliphatic carbocycles. The molecule has 1 saturated carbocycles. The van der Waals surface area contributed by atoms with Gasteiger partial charge in [0.2, 0.25) is 0 Å². The first kappa shape index (κ1) is 11.0. The lowest BCUT2D eigenvalue weighted by molar-refractivity contribution is -0.000457. The van der Waals surface area contributed by atoms with Crippen LogP contribution in [0.3, 0.4) is 0 Å². The summed E-state index contributed by atoms with van der Waals surface area (Å²) in [6, 6.07) is 0. The van der Waals surface area contributed by atoms with E-state index in [2.05, 4.69) is 27.7 Å². The Labute approximate surface area is 82.9 Å². The molecule has 1 rings (SSSR count). The monoisotopic (exact) mass is 184 g/mol. The van der Waals surface area contributed by atoms with Crippen molar-refractivity contribution in [1.82, 2.24) is 0 Å². The Morgan fingerprint density at radius 2 is 2.15 bits per heavy atom. The van der Waals surface area contributed by atoms with Gasteiger partial charge in [-0.15, -0.1) is 0 Å². The zero-order valence-electron chi connectivity index (χ0n) is 9.60. The Hall–Kier alpha value is -0.0400. The van der Waals surface area contributed by atoms with E-state index in [9.17, 15) is 0 Å². The maximum absolute atomic E-state index is 5.67. The number of hydrogen-bond donors (Lipinski definition) is 0. The number of ether oxygens (including phenoxy) is 1. The van der Waals surface area contributed by atoms with E-state index >= 15 is 0 Å². The van der Waals surface area contributed by atoms with Crippen molar-refractivity contribution in [1.29, 1.82) is 0 Å². The van der Waals surface area contributed by atoms with Crippen LogP contribution < -0.4 is 0 Å². The van der Waals surface area contributed by atoms with Crippen molar-refractivity contribution >= 4 is 0 Å². The fraction of sp³-hybridized carbons (Fsp3) is 1.00. The summed E-state index contributed by atoms with van der Waals surface area (Å²) in [6.07, 6.45) is 5.94. The van der Waals surface area contributed by atoms with Crippen LogP contribution in [0.1, 0.15) is 53.4 Å². The van der Waals surface area contributed by atoms with Gasteiger partial charge in [0.15, 0.2) is 0 Å². The van der Waals surface area contributed by atoms with Gasteiger partial charge in [-0.25, -0.2) is 0 Å². The molecule has 0 aromatic rings. The highest BCUT2D eigenvalue weighted by molar-refractivity contribution is 4.82. The Bertz CT molecular complexity index is 151. The molecule has 0 spiro atoms. The fourth-order valence-corrected chi connectivity index (χ4v) is 2.56. The molecule has 78 valence electrons. The van der Waals surface area contributed by atoms with Crippen LogP contribution in [0.25, 0.3) is 0 Å². The van der Waals surface area contributed by atoms with Crippen LogP contribution in [0.4, 0.5) is 0 Å². The first-order valence-electron chi connectivity index (χ1n) is 5.67. The maximum Gasteiger partial charge on any atom is 0.0575 e. The van der Waals surface area contributed by atoms with Crippen LogP contribution in [0.2, 0.25) is 0 Å². The van der Waals surface area contributed by atoms with Crippen molar-refractivity contribution < 1.29 is 4.74 Å². The summed E-state index contributed by atoms with van der Waals surface area (Å²) in [5.41, 5.74) is 0.550. The van der Waals surface area contributed by atoms with Gasteiger partial charge in [-0.3, -0.25) is 0 Å². The molecular formula is C12H24O. The van der Waals surface area contributed by atoms with Crippen LogP contribution in [-0.4, -0.2) is 12.7 Å². The Morgan fingerprint density at radius 1 is 1.46 bits per heavy atom. The SMILES string of the molecule is CCOC(C)C1CCCC(C)(C)C1. The lowest BCUT2D eigenvalue weighted by Crippen LogP contribution is -2.30. The van der Waals surface area contributed by atoms with Crippen LogP contribution in [0, 0.1) is 11.3 Å². The van der Waals surface area contributed by atoms with E-state index in [0.29, 0.717) is 11.5 Å². The molecule has 0 N–H and O–H groups in total. The molecule has 2 atom stereocenters. The first-order valence-corrected chi connectivity index (χ1v) is 5.67. The topological polar surface area (TPSA) is 9.23 Å². The van der Waals surface area contributed by atoms with Gasteiger partial charge in [-0.05, 0) is 44.4 Å². The summed E-state index contributed by atoms with van der Waals surface area (Å²) in [5.74, 6) is 0.795. The Balaban J connectivity index is 2.42. The maximum atomic E-state index is 5.67. The average Bonchev–Trinajstić information content (AvgIpc) is 2.03. The Morgan fingerprint density at radius 3 is 2.69 bits per heavy atom. The summed E-state index contributed by atoms with van der Waals surface area (Å²) < 4.78 is 5.67. The van der Waals surface area contributed by atoms with Crippen molar-refractivity contribution in [2.45, 2.75) is 59.5 Å². The Kier molecular flexibility index (Phi) is 3.78. The van der Waals surface area contributed by atoms with Gasteiger partial charge in [0.05, 0.1) is 6.10 Å². The zero-order valence-corrected chi connectivity index (χ0v) is 9.60. The van der Waals surface area contributed by atoms with E-state index in [1.807, 2.05) is 0 Å². The molecule has 2 unspecified atom stereocenters. The third kappa shape index (κ3) is 3.30. The molecule has 1 nitrogen and oxygen atoms in total. The molecule has 0 radical (unpaired) electrons. The van der Waals surface area contributed by atoms with Gasteiger partial charge in [-0.1, -0.05) is 20.3 Å². The highest BCUT2D eigenvalue weighted by Crippen LogP contribution is 2.40. The molecule has 0 heterocycles. The molecule has 0 aromatic carbocycles. The van der Waals surface area contributed by atoms with Crippen molar-refractivity contribution in [3.63, 3.8) is 0 Å². The largest absolute Gasteiger partial charge is 0.379 e. The highest BCUT2D eigenvalue weighted by atomic mass is 16.5. The predicted octanol–water partition coefficient (Wildman–Crippen LogP) is 3.63. The minimum Gasteiger partial charge on any atom is -0.379 e. The molecular weight excluding hydrogens is 160 g/mol. The van der Waals surface area contributed by atoms with Crippen LogP contribution in [-0.2, 0) is 4.74 Å². The molecule has 1 aliphatic rings. The molecule has 0 aliphatic heterocycles. The normalized spacial score (nSPS) is 30.0. The summed E-state index contributed by atoms with van der Waals surface area (Å²) in [7, 11) is 0. The third-order valence-corrected chi connectivity index (χ3v) is 3.34. The standard InChI is InChI=1S/C12H24O/c1-5-13-10(2)11-7-6-8-12(3,4)9-11/h10-11H,5-9H2,1-4H3. The van der Waals surface area contributed by atoms with Crippen molar-refractivity contribution in [2.75, 3.05) is 6.61 Å². The zero-order chi connectivity index (χ0) is 9.90. The van der Waals surface area contributed by atoms with Gasteiger partial charge in [0, 0.05) is 6.61 Å². The predicted molar refractivity (Wildman–Crippen MR) is 56.8 cm³/mol. The van der Waals surface area contributed by atoms with Crippen LogP contribution in [0.15, 0.2) is 0 Å². The molecule has 13 heavy (non-hydrogen) atoms. The minimum atomic E-state index is 0.463. The van der Waals surface area contributed by atoms with E-state index in [0.717, 1.165) is 12.5 Å². The second-order valence-corrected chi connectivity index (χ2v) is 5.18. The van der Waals surface area contributed by atoms with Crippen molar-refractivity contribution in [2.24, 2.45) is 11.3 Å². The van der Waals surface area contributed by atoms with Gasteiger partial charge in [0.1, 0.15) is 0 Å². The lowest BCUT2D eigenvalue weighted by Gasteiger charge is -2.37. The quantitative estimate of drug-likeness (QED) is 0.651. The summed E-state index contributed by atoms with van der Waals surface area (Å²) in [4.78, 5) is 0. The summed E-state index contributed by atoms with van der Waals surface area (Å²) >= 11 is 0. The molecule has 0 bridgehead atoms. The van der Waals surface area contributed by atoms with Gasteiger partial charge in [0.25, 0.3) is 0 Å². The summed E-state index contributed by atoms with van der Waals surface area (Å²) in [6.45, 7) is 9.95. The molecule has 0 amide bonds. The van der Waals surface area contributed by atoms with Gasteiger partial charge < -0.3 is 4.74 Å². The van der Waals surface area contributed by atoms with E-state index < -0.39 is 0 Å². The first-order chi connectivity index (χ1) is 6.05. The lowest BCUT2D eigenvalue weighted by atomic mass is 9.71.